The quantitative estimate of drug-likeness (QED) is 0.854. The number of rotatable bonds is 3. The smallest absolute Gasteiger partial charge is 0.149 e. The highest BCUT2D eigenvalue weighted by Crippen LogP contribution is 2.33. The van der Waals surface area contributed by atoms with Gasteiger partial charge in [0.15, 0.2) is 0 Å². The molecule has 0 saturated heterocycles. The van der Waals surface area contributed by atoms with Crippen LogP contribution in [0.5, 0.6) is 0 Å². The molecule has 1 aromatic carbocycles. The molecule has 3 nitrogen and oxygen atoms in total. The molecule has 1 N–H and O–H groups in total. The standard InChI is InChI=1S/C14H14BrF2N3/c1-4-10-19-13(7(2)14(18-3)20-10)11-9(16)6-5-8(15)12(11)17/h5-6H,4H2,1-3H3,(H,18,19,20). The molecule has 0 atom stereocenters. The lowest BCUT2D eigenvalue weighted by Crippen LogP contribution is -2.06. The summed E-state index contributed by atoms with van der Waals surface area (Å²) in [6.07, 6.45) is 0.583. The summed E-state index contributed by atoms with van der Waals surface area (Å²) in [6.45, 7) is 3.63. The Labute approximate surface area is 124 Å². The molecule has 6 heteroatoms. The molecule has 0 bridgehead atoms. The van der Waals surface area contributed by atoms with Crippen LogP contribution in [0.1, 0.15) is 18.3 Å². The van der Waals surface area contributed by atoms with E-state index in [9.17, 15) is 8.78 Å². The van der Waals surface area contributed by atoms with Gasteiger partial charge in [-0.3, -0.25) is 0 Å². The van der Waals surface area contributed by atoms with E-state index in [0.29, 0.717) is 23.6 Å². The second-order valence-electron chi connectivity index (χ2n) is 4.28. The lowest BCUT2D eigenvalue weighted by molar-refractivity contribution is 0.584. The minimum absolute atomic E-state index is 0.134. The number of aromatic nitrogens is 2. The average Bonchev–Trinajstić information content (AvgIpc) is 2.45. The monoisotopic (exact) mass is 341 g/mol. The van der Waals surface area contributed by atoms with Gasteiger partial charge in [-0.2, -0.15) is 0 Å². The molecule has 0 fully saturated rings. The topological polar surface area (TPSA) is 37.8 Å². The molecule has 0 unspecified atom stereocenters. The SMILES string of the molecule is CCc1nc(NC)c(C)c(-c2c(F)ccc(Br)c2F)n1. The van der Waals surface area contributed by atoms with Gasteiger partial charge in [-0.05, 0) is 35.0 Å². The second-order valence-corrected chi connectivity index (χ2v) is 5.14. The van der Waals surface area contributed by atoms with Gasteiger partial charge in [0.2, 0.25) is 0 Å². The first-order valence-electron chi connectivity index (χ1n) is 6.18. The highest BCUT2D eigenvalue weighted by molar-refractivity contribution is 9.10. The zero-order valence-corrected chi connectivity index (χ0v) is 13.0. The minimum atomic E-state index is -0.657. The lowest BCUT2D eigenvalue weighted by atomic mass is 10.1. The van der Waals surface area contributed by atoms with Gasteiger partial charge in [0, 0.05) is 19.0 Å². The van der Waals surface area contributed by atoms with Crippen molar-refractivity contribution < 1.29 is 8.78 Å². The van der Waals surface area contributed by atoms with Crippen LogP contribution < -0.4 is 5.32 Å². The zero-order chi connectivity index (χ0) is 14.9. The van der Waals surface area contributed by atoms with Gasteiger partial charge in [0.05, 0.1) is 15.7 Å². The molecule has 1 aromatic heterocycles. The van der Waals surface area contributed by atoms with Gasteiger partial charge in [0.25, 0.3) is 0 Å². The number of hydrogen-bond donors (Lipinski definition) is 1. The summed E-state index contributed by atoms with van der Waals surface area (Å²) in [7, 11) is 1.71. The maximum atomic E-state index is 14.2. The number of halogens is 3. The van der Waals surface area contributed by atoms with Crippen LogP contribution >= 0.6 is 15.9 Å². The molecular formula is C14H14BrF2N3. The Balaban J connectivity index is 2.79. The summed E-state index contributed by atoms with van der Waals surface area (Å²) in [6, 6.07) is 2.55. The molecule has 0 spiro atoms. The number of aryl methyl sites for hydroxylation is 1. The summed E-state index contributed by atoms with van der Waals surface area (Å²) in [5.41, 5.74) is 0.753. The molecule has 0 radical (unpaired) electrons. The van der Waals surface area contributed by atoms with Crippen LogP contribution in [-0.4, -0.2) is 17.0 Å². The zero-order valence-electron chi connectivity index (χ0n) is 11.4. The van der Waals surface area contributed by atoms with Crippen molar-refractivity contribution in [1.29, 1.82) is 0 Å². The van der Waals surface area contributed by atoms with Gasteiger partial charge in [0.1, 0.15) is 23.3 Å². The Hall–Kier alpha value is -1.56. The van der Waals surface area contributed by atoms with Crippen LogP contribution in [-0.2, 0) is 6.42 Å². The van der Waals surface area contributed by atoms with Crippen LogP contribution in [0.4, 0.5) is 14.6 Å². The van der Waals surface area contributed by atoms with E-state index in [1.165, 1.54) is 12.1 Å². The Morgan fingerprint density at radius 2 is 1.95 bits per heavy atom. The number of nitrogens with zero attached hydrogens (tertiary/aromatic N) is 2. The van der Waals surface area contributed by atoms with Crippen molar-refractivity contribution in [2.45, 2.75) is 20.3 Å². The molecule has 0 saturated carbocycles. The molecular weight excluding hydrogens is 328 g/mol. The van der Waals surface area contributed by atoms with Crippen molar-refractivity contribution in [2.75, 3.05) is 12.4 Å². The number of nitrogens with one attached hydrogen (secondary N) is 1. The molecule has 0 aliphatic rings. The molecule has 2 rings (SSSR count). The molecule has 0 aliphatic carbocycles. The third-order valence-electron chi connectivity index (χ3n) is 3.03. The normalized spacial score (nSPS) is 10.7. The van der Waals surface area contributed by atoms with E-state index in [0.717, 1.165) is 0 Å². The maximum Gasteiger partial charge on any atom is 0.149 e. The highest BCUT2D eigenvalue weighted by atomic mass is 79.9. The summed E-state index contributed by atoms with van der Waals surface area (Å²) < 4.78 is 28.5. The fourth-order valence-corrected chi connectivity index (χ4v) is 2.28. The van der Waals surface area contributed by atoms with Crippen molar-refractivity contribution in [1.82, 2.24) is 9.97 Å². The Kier molecular flexibility index (Phi) is 4.32. The van der Waals surface area contributed by atoms with Crippen molar-refractivity contribution >= 4 is 21.7 Å². The maximum absolute atomic E-state index is 14.2. The highest BCUT2D eigenvalue weighted by Gasteiger charge is 2.20. The van der Waals surface area contributed by atoms with E-state index < -0.39 is 11.6 Å². The molecule has 106 valence electrons. The molecule has 1 heterocycles. The van der Waals surface area contributed by atoms with Gasteiger partial charge < -0.3 is 5.32 Å². The van der Waals surface area contributed by atoms with Gasteiger partial charge >= 0.3 is 0 Å². The fraction of sp³-hybridized carbons (Fsp3) is 0.286. The molecule has 20 heavy (non-hydrogen) atoms. The van der Waals surface area contributed by atoms with Gasteiger partial charge in [-0.1, -0.05) is 6.92 Å². The summed E-state index contributed by atoms with van der Waals surface area (Å²) in [4.78, 5) is 8.58. The van der Waals surface area contributed by atoms with E-state index in [2.05, 4.69) is 31.2 Å². The predicted molar refractivity (Wildman–Crippen MR) is 78.7 cm³/mol. The molecule has 0 amide bonds. The van der Waals surface area contributed by atoms with E-state index in [4.69, 9.17) is 0 Å². The first-order chi connectivity index (χ1) is 9.49. The van der Waals surface area contributed by atoms with Crippen molar-refractivity contribution in [3.8, 4) is 11.3 Å². The Morgan fingerprint density at radius 1 is 1.25 bits per heavy atom. The largest absolute Gasteiger partial charge is 0.373 e. The van der Waals surface area contributed by atoms with Crippen LogP contribution in [0, 0.1) is 18.6 Å². The van der Waals surface area contributed by atoms with Crippen LogP contribution in [0.25, 0.3) is 11.3 Å². The van der Waals surface area contributed by atoms with E-state index in [1.54, 1.807) is 14.0 Å². The van der Waals surface area contributed by atoms with Gasteiger partial charge in [-0.25, -0.2) is 18.7 Å². The number of hydrogen-bond acceptors (Lipinski definition) is 3. The van der Waals surface area contributed by atoms with Crippen LogP contribution in [0.3, 0.4) is 0 Å². The first-order valence-corrected chi connectivity index (χ1v) is 6.98. The first kappa shape index (κ1) is 14.8. The third kappa shape index (κ3) is 2.52. The van der Waals surface area contributed by atoms with Gasteiger partial charge in [-0.15, -0.1) is 0 Å². The second kappa shape index (κ2) is 5.83. The van der Waals surface area contributed by atoms with Crippen molar-refractivity contribution in [3.63, 3.8) is 0 Å². The summed E-state index contributed by atoms with van der Waals surface area (Å²) >= 11 is 3.07. The molecule has 0 aliphatic heterocycles. The van der Waals surface area contributed by atoms with E-state index in [-0.39, 0.29) is 15.7 Å². The molecule has 2 aromatic rings. The van der Waals surface area contributed by atoms with E-state index >= 15 is 0 Å². The van der Waals surface area contributed by atoms with Crippen molar-refractivity contribution in [3.05, 3.63) is 39.6 Å². The average molecular weight is 342 g/mol. The Morgan fingerprint density at radius 3 is 2.55 bits per heavy atom. The lowest BCUT2D eigenvalue weighted by Gasteiger charge is -2.13. The summed E-state index contributed by atoms with van der Waals surface area (Å²) in [5, 5.41) is 2.93. The number of benzene rings is 1. The van der Waals surface area contributed by atoms with Crippen LogP contribution in [0.15, 0.2) is 16.6 Å². The van der Waals surface area contributed by atoms with Crippen molar-refractivity contribution in [2.24, 2.45) is 0 Å². The van der Waals surface area contributed by atoms with E-state index in [1.807, 2.05) is 6.92 Å². The third-order valence-corrected chi connectivity index (χ3v) is 3.64. The fourth-order valence-electron chi connectivity index (χ4n) is 1.95. The Bertz CT molecular complexity index is 659. The predicted octanol–water partition coefficient (Wildman–Crippen LogP) is 4.10. The van der Waals surface area contributed by atoms with Crippen LogP contribution in [0.2, 0.25) is 0 Å². The number of anilines is 1. The summed E-state index contributed by atoms with van der Waals surface area (Å²) in [5.74, 6) is -0.188. The minimum Gasteiger partial charge on any atom is -0.373 e.